The van der Waals surface area contributed by atoms with Crippen LogP contribution in [0, 0.1) is 0 Å². The van der Waals surface area contributed by atoms with Gasteiger partial charge in [-0.25, -0.2) is 5.48 Å². The van der Waals surface area contributed by atoms with Gasteiger partial charge in [0.05, 0.1) is 13.2 Å². The van der Waals surface area contributed by atoms with Crippen molar-refractivity contribution in [2.24, 2.45) is 0 Å². The summed E-state index contributed by atoms with van der Waals surface area (Å²) < 4.78 is 11.8. The molecule has 1 rings (SSSR count). The number of hydroxylamine groups is 1. The van der Waals surface area contributed by atoms with Crippen molar-refractivity contribution in [1.29, 1.82) is 0 Å². The molecule has 4 nitrogen and oxygen atoms in total. The van der Waals surface area contributed by atoms with Crippen LogP contribution in [0.25, 0.3) is 0 Å². The molecule has 1 aromatic rings. The van der Waals surface area contributed by atoms with Gasteiger partial charge in [0.15, 0.2) is 11.5 Å². The highest BCUT2D eigenvalue weighted by Gasteiger charge is 2.13. The summed E-state index contributed by atoms with van der Waals surface area (Å²) in [7, 11) is 1.59. The summed E-state index contributed by atoms with van der Waals surface area (Å²) >= 11 is 3.38. The number of methoxy groups -OCH3 is 1. The predicted molar refractivity (Wildman–Crippen MR) is 65.1 cm³/mol. The van der Waals surface area contributed by atoms with E-state index in [2.05, 4.69) is 21.4 Å². The molecule has 0 aliphatic heterocycles. The first-order chi connectivity index (χ1) is 7.58. The van der Waals surface area contributed by atoms with Crippen LogP contribution in [0.1, 0.15) is 19.4 Å². The molecule has 0 unspecified atom stereocenters. The van der Waals surface area contributed by atoms with E-state index in [1.165, 1.54) is 0 Å². The van der Waals surface area contributed by atoms with Crippen molar-refractivity contribution in [3.05, 3.63) is 22.2 Å². The van der Waals surface area contributed by atoms with Crippen LogP contribution in [0.3, 0.4) is 0 Å². The van der Waals surface area contributed by atoms with Crippen LogP contribution in [0.15, 0.2) is 16.6 Å². The van der Waals surface area contributed by atoms with Gasteiger partial charge in [0, 0.05) is 16.6 Å². The quantitative estimate of drug-likeness (QED) is 0.819. The summed E-state index contributed by atoms with van der Waals surface area (Å²) in [5.74, 6) is 1.30. The minimum Gasteiger partial charge on any atom is -0.493 e. The summed E-state index contributed by atoms with van der Waals surface area (Å²) in [5, 5.41) is 8.77. The molecule has 0 aromatic heterocycles. The molecule has 16 heavy (non-hydrogen) atoms. The Hall–Kier alpha value is -0.780. The van der Waals surface area contributed by atoms with E-state index in [0.29, 0.717) is 18.0 Å². The zero-order chi connectivity index (χ0) is 12.1. The molecule has 0 bridgehead atoms. The van der Waals surface area contributed by atoms with Crippen molar-refractivity contribution in [2.75, 3.05) is 7.11 Å². The van der Waals surface area contributed by atoms with E-state index in [1.54, 1.807) is 7.11 Å². The molecule has 5 heteroatoms. The molecule has 0 saturated heterocycles. The standard InChI is InChI=1S/C11H16BrNO3/c1-7(2)16-11-8(6-13-14)4-9(12)5-10(11)15-3/h4-5,7,13-14H,6H2,1-3H3. The average Bonchev–Trinajstić information content (AvgIpc) is 2.21. The topological polar surface area (TPSA) is 50.7 Å². The fraction of sp³-hybridized carbons (Fsp3) is 0.455. The second kappa shape index (κ2) is 6.08. The number of nitrogens with one attached hydrogen (secondary N) is 1. The van der Waals surface area contributed by atoms with Crippen LogP contribution in [0.4, 0.5) is 0 Å². The summed E-state index contributed by atoms with van der Waals surface area (Å²) in [4.78, 5) is 0. The second-order valence-electron chi connectivity index (χ2n) is 3.60. The first kappa shape index (κ1) is 13.3. The van der Waals surface area contributed by atoms with Gasteiger partial charge < -0.3 is 14.7 Å². The van der Waals surface area contributed by atoms with E-state index in [9.17, 15) is 0 Å². The Kier molecular flexibility index (Phi) is 5.05. The highest BCUT2D eigenvalue weighted by molar-refractivity contribution is 9.10. The molecule has 0 saturated carbocycles. The van der Waals surface area contributed by atoms with Crippen molar-refractivity contribution < 1.29 is 14.7 Å². The van der Waals surface area contributed by atoms with Gasteiger partial charge in [-0.3, -0.25) is 0 Å². The molecule has 2 N–H and O–H groups in total. The third-order valence-corrected chi connectivity index (χ3v) is 2.40. The van der Waals surface area contributed by atoms with E-state index in [-0.39, 0.29) is 6.10 Å². The largest absolute Gasteiger partial charge is 0.493 e. The highest BCUT2D eigenvalue weighted by atomic mass is 79.9. The lowest BCUT2D eigenvalue weighted by molar-refractivity contribution is 0.157. The second-order valence-corrected chi connectivity index (χ2v) is 4.51. The molecule has 0 fully saturated rings. The van der Waals surface area contributed by atoms with Gasteiger partial charge in [0.2, 0.25) is 0 Å². The van der Waals surface area contributed by atoms with E-state index in [4.69, 9.17) is 14.7 Å². The molecule has 0 atom stereocenters. The van der Waals surface area contributed by atoms with E-state index in [0.717, 1.165) is 10.0 Å². The van der Waals surface area contributed by atoms with Gasteiger partial charge in [0.1, 0.15) is 0 Å². The molecule has 0 amide bonds. The fourth-order valence-corrected chi connectivity index (χ4v) is 1.84. The lowest BCUT2D eigenvalue weighted by Crippen LogP contribution is -2.12. The molecule has 0 heterocycles. The number of hydrogen-bond acceptors (Lipinski definition) is 4. The van der Waals surface area contributed by atoms with Gasteiger partial charge in [-0.1, -0.05) is 15.9 Å². The molecule has 0 aliphatic carbocycles. The van der Waals surface area contributed by atoms with Crippen LogP contribution in [0.5, 0.6) is 11.5 Å². The van der Waals surface area contributed by atoms with Gasteiger partial charge in [-0.15, -0.1) is 0 Å². The lowest BCUT2D eigenvalue weighted by Gasteiger charge is -2.17. The van der Waals surface area contributed by atoms with E-state index in [1.807, 2.05) is 26.0 Å². The Morgan fingerprint density at radius 1 is 1.44 bits per heavy atom. The van der Waals surface area contributed by atoms with Crippen LogP contribution in [-0.4, -0.2) is 18.4 Å². The maximum Gasteiger partial charge on any atom is 0.166 e. The predicted octanol–water partition coefficient (Wildman–Crippen LogP) is 2.72. The summed E-state index contributed by atoms with van der Waals surface area (Å²) in [5.41, 5.74) is 2.96. The van der Waals surface area contributed by atoms with Gasteiger partial charge >= 0.3 is 0 Å². The monoisotopic (exact) mass is 289 g/mol. The first-order valence-corrected chi connectivity index (χ1v) is 5.77. The summed E-state index contributed by atoms with van der Waals surface area (Å²) in [6.45, 7) is 4.19. The van der Waals surface area contributed by atoms with Gasteiger partial charge in [-0.2, -0.15) is 0 Å². The fourth-order valence-electron chi connectivity index (χ4n) is 1.36. The maximum atomic E-state index is 8.77. The van der Waals surface area contributed by atoms with Crippen molar-refractivity contribution in [3.63, 3.8) is 0 Å². The minimum atomic E-state index is 0.0486. The van der Waals surface area contributed by atoms with Crippen LogP contribution in [0.2, 0.25) is 0 Å². The van der Waals surface area contributed by atoms with Crippen molar-refractivity contribution >= 4 is 15.9 Å². The molecular weight excluding hydrogens is 274 g/mol. The average molecular weight is 290 g/mol. The minimum absolute atomic E-state index is 0.0486. The number of ether oxygens (including phenoxy) is 2. The SMILES string of the molecule is COc1cc(Br)cc(CNO)c1OC(C)C. The van der Waals surface area contributed by atoms with Gasteiger partial charge in [0.25, 0.3) is 0 Å². The van der Waals surface area contributed by atoms with Crippen molar-refractivity contribution in [2.45, 2.75) is 26.5 Å². The molecular formula is C11H16BrNO3. The summed E-state index contributed by atoms with van der Waals surface area (Å²) in [6, 6.07) is 3.71. The van der Waals surface area contributed by atoms with Crippen LogP contribution < -0.4 is 15.0 Å². The zero-order valence-corrected chi connectivity index (χ0v) is 11.2. The van der Waals surface area contributed by atoms with E-state index >= 15 is 0 Å². The molecule has 0 radical (unpaired) electrons. The Bertz CT molecular complexity index is 355. The normalized spacial score (nSPS) is 10.6. The molecule has 1 aromatic carbocycles. The Morgan fingerprint density at radius 3 is 2.62 bits per heavy atom. The number of benzene rings is 1. The molecule has 0 spiro atoms. The Morgan fingerprint density at radius 2 is 2.12 bits per heavy atom. The Labute approximate surface area is 104 Å². The summed E-state index contributed by atoms with van der Waals surface area (Å²) in [6.07, 6.45) is 0.0486. The highest BCUT2D eigenvalue weighted by Crippen LogP contribution is 2.35. The number of rotatable bonds is 5. The maximum absolute atomic E-state index is 8.77. The molecule has 90 valence electrons. The third-order valence-electron chi connectivity index (χ3n) is 1.94. The van der Waals surface area contributed by atoms with Crippen molar-refractivity contribution in [3.8, 4) is 11.5 Å². The first-order valence-electron chi connectivity index (χ1n) is 4.98. The molecule has 0 aliphatic rings. The Balaban J connectivity index is 3.15. The van der Waals surface area contributed by atoms with Crippen molar-refractivity contribution in [1.82, 2.24) is 5.48 Å². The zero-order valence-electron chi connectivity index (χ0n) is 9.58. The van der Waals surface area contributed by atoms with E-state index < -0.39 is 0 Å². The lowest BCUT2D eigenvalue weighted by atomic mass is 10.2. The smallest absolute Gasteiger partial charge is 0.166 e. The third kappa shape index (κ3) is 3.37. The van der Waals surface area contributed by atoms with Crippen LogP contribution >= 0.6 is 15.9 Å². The number of halogens is 1. The van der Waals surface area contributed by atoms with Gasteiger partial charge in [-0.05, 0) is 26.0 Å². The number of hydrogen-bond donors (Lipinski definition) is 2. The van der Waals surface area contributed by atoms with Crippen LogP contribution in [-0.2, 0) is 6.54 Å².